The van der Waals surface area contributed by atoms with E-state index in [0.29, 0.717) is 13.0 Å². The third-order valence-electron chi connectivity index (χ3n) is 8.97. The van der Waals surface area contributed by atoms with Gasteiger partial charge in [0.05, 0.1) is 6.61 Å². The molecule has 4 nitrogen and oxygen atoms in total. The van der Waals surface area contributed by atoms with Crippen LogP contribution in [0.15, 0.2) is 47.7 Å². The SMILES string of the molecule is CC1(C)OC2=C(C(=O)CC(c3ccccc3)C2)[C@H]2c3cc4c5c(c3OC[C@H]21)CCCN5CCC4. The molecule has 0 fully saturated rings. The highest BCUT2D eigenvalue weighted by atomic mass is 16.5. The zero-order valence-corrected chi connectivity index (χ0v) is 20.2. The molecule has 7 rings (SSSR count). The van der Waals surface area contributed by atoms with Crippen LogP contribution >= 0.6 is 0 Å². The van der Waals surface area contributed by atoms with Gasteiger partial charge in [-0.25, -0.2) is 0 Å². The van der Waals surface area contributed by atoms with Crippen LogP contribution in [-0.2, 0) is 22.4 Å². The maximum Gasteiger partial charge on any atom is 0.163 e. The molecule has 0 N–H and O–H groups in total. The molecule has 4 aliphatic heterocycles. The van der Waals surface area contributed by atoms with Gasteiger partial charge in [0, 0.05) is 60.2 Å². The Morgan fingerprint density at radius 1 is 1.03 bits per heavy atom. The first-order valence-electron chi connectivity index (χ1n) is 13.1. The molecule has 0 saturated heterocycles. The van der Waals surface area contributed by atoms with Gasteiger partial charge in [-0.1, -0.05) is 30.3 Å². The number of carbonyl (C=O) groups excluding carboxylic acids is 1. The minimum absolute atomic E-state index is 0.0746. The van der Waals surface area contributed by atoms with E-state index >= 15 is 0 Å². The second kappa shape index (κ2) is 7.37. The first kappa shape index (κ1) is 20.6. The Morgan fingerprint density at radius 3 is 2.65 bits per heavy atom. The Bertz CT molecular complexity index is 1210. The van der Waals surface area contributed by atoms with Gasteiger partial charge in [0.15, 0.2) is 5.78 Å². The number of benzene rings is 2. The number of Topliss-reactive ketones (excluding diaryl/α,β-unsaturated/α-hetero) is 1. The number of hydrogen-bond donors (Lipinski definition) is 0. The molecule has 3 atom stereocenters. The van der Waals surface area contributed by atoms with Crippen LogP contribution in [0, 0.1) is 5.92 Å². The third-order valence-corrected chi connectivity index (χ3v) is 8.97. The highest BCUT2D eigenvalue weighted by Crippen LogP contribution is 2.57. The molecule has 1 aliphatic carbocycles. The van der Waals surface area contributed by atoms with Crippen molar-refractivity contribution in [2.24, 2.45) is 5.92 Å². The molecule has 4 heteroatoms. The minimum atomic E-state index is -0.376. The first-order chi connectivity index (χ1) is 16.5. The number of nitrogens with zero attached hydrogens (tertiary/aromatic N) is 1. The van der Waals surface area contributed by atoms with E-state index in [9.17, 15) is 4.79 Å². The van der Waals surface area contributed by atoms with Crippen molar-refractivity contribution in [3.8, 4) is 5.75 Å². The molecular formula is C30H33NO3. The molecule has 0 aromatic heterocycles. The van der Waals surface area contributed by atoms with Crippen molar-refractivity contribution >= 4 is 11.5 Å². The van der Waals surface area contributed by atoms with Crippen molar-refractivity contribution in [3.05, 3.63) is 70.0 Å². The fourth-order valence-electron chi connectivity index (χ4n) is 7.40. The fraction of sp³-hybridized carbons (Fsp3) is 0.500. The van der Waals surface area contributed by atoms with Crippen molar-refractivity contribution in [1.82, 2.24) is 0 Å². The summed E-state index contributed by atoms with van der Waals surface area (Å²) in [6.45, 7) is 7.29. The highest BCUT2D eigenvalue weighted by molar-refractivity contribution is 5.99. The van der Waals surface area contributed by atoms with Gasteiger partial charge in [-0.15, -0.1) is 0 Å². The van der Waals surface area contributed by atoms with Crippen LogP contribution in [0.2, 0.25) is 0 Å². The van der Waals surface area contributed by atoms with Gasteiger partial charge in [0.2, 0.25) is 0 Å². The molecule has 176 valence electrons. The van der Waals surface area contributed by atoms with Crippen molar-refractivity contribution in [2.75, 3.05) is 24.6 Å². The minimum Gasteiger partial charge on any atom is -0.492 e. The average Bonchev–Trinajstić information content (AvgIpc) is 2.84. The van der Waals surface area contributed by atoms with Crippen LogP contribution in [0.25, 0.3) is 0 Å². The van der Waals surface area contributed by atoms with Gasteiger partial charge in [0.25, 0.3) is 0 Å². The van der Waals surface area contributed by atoms with Gasteiger partial charge in [-0.2, -0.15) is 0 Å². The number of fused-ring (bicyclic) bond motifs is 5. The summed E-state index contributed by atoms with van der Waals surface area (Å²) in [6.07, 6.45) is 5.96. The zero-order chi connectivity index (χ0) is 23.0. The largest absolute Gasteiger partial charge is 0.492 e. The smallest absolute Gasteiger partial charge is 0.163 e. The lowest BCUT2D eigenvalue weighted by atomic mass is 9.65. The van der Waals surface area contributed by atoms with Gasteiger partial charge in [-0.05, 0) is 62.6 Å². The Labute approximate surface area is 201 Å². The van der Waals surface area contributed by atoms with E-state index < -0.39 is 0 Å². The molecule has 1 unspecified atom stereocenters. The summed E-state index contributed by atoms with van der Waals surface area (Å²) in [7, 11) is 0. The second-order valence-corrected chi connectivity index (χ2v) is 11.4. The summed E-state index contributed by atoms with van der Waals surface area (Å²) in [5.74, 6) is 2.68. The van der Waals surface area contributed by atoms with Crippen molar-refractivity contribution in [3.63, 3.8) is 0 Å². The van der Waals surface area contributed by atoms with Crippen LogP contribution in [-0.4, -0.2) is 31.1 Å². The van der Waals surface area contributed by atoms with E-state index in [1.807, 2.05) is 6.07 Å². The average molecular weight is 456 g/mol. The molecule has 0 spiro atoms. The van der Waals surface area contributed by atoms with Gasteiger partial charge < -0.3 is 14.4 Å². The summed E-state index contributed by atoms with van der Waals surface area (Å²) in [6, 6.07) is 12.9. The number of anilines is 1. The van der Waals surface area contributed by atoms with Crippen LogP contribution < -0.4 is 9.64 Å². The predicted octanol–water partition coefficient (Wildman–Crippen LogP) is 5.69. The number of rotatable bonds is 1. The fourth-order valence-corrected chi connectivity index (χ4v) is 7.40. The molecular weight excluding hydrogens is 422 g/mol. The van der Waals surface area contributed by atoms with E-state index in [1.54, 1.807) is 0 Å². The van der Waals surface area contributed by atoms with E-state index in [4.69, 9.17) is 9.47 Å². The number of aryl methyl sites for hydroxylation is 1. The van der Waals surface area contributed by atoms with Crippen LogP contribution in [0.4, 0.5) is 5.69 Å². The molecule has 34 heavy (non-hydrogen) atoms. The zero-order valence-electron chi connectivity index (χ0n) is 20.2. The maximum atomic E-state index is 13.8. The number of ketones is 1. The Hall–Kier alpha value is -2.75. The molecule has 2 aromatic carbocycles. The Morgan fingerprint density at radius 2 is 1.82 bits per heavy atom. The number of carbonyl (C=O) groups is 1. The van der Waals surface area contributed by atoms with E-state index in [2.05, 4.69) is 49.1 Å². The lowest BCUT2D eigenvalue weighted by Gasteiger charge is -2.50. The van der Waals surface area contributed by atoms with Gasteiger partial charge in [-0.3, -0.25) is 4.79 Å². The molecule has 4 heterocycles. The second-order valence-electron chi connectivity index (χ2n) is 11.4. The number of hydrogen-bond acceptors (Lipinski definition) is 4. The van der Waals surface area contributed by atoms with Crippen LogP contribution in [0.1, 0.15) is 73.6 Å². The lowest BCUT2D eigenvalue weighted by Crippen LogP contribution is -2.50. The van der Waals surface area contributed by atoms with Crippen molar-refractivity contribution < 1.29 is 14.3 Å². The van der Waals surface area contributed by atoms with E-state index in [0.717, 1.165) is 49.4 Å². The van der Waals surface area contributed by atoms with Crippen LogP contribution in [0.3, 0.4) is 0 Å². The number of ether oxygens (including phenoxy) is 2. The molecule has 0 bridgehead atoms. The topological polar surface area (TPSA) is 38.8 Å². The predicted molar refractivity (Wildman–Crippen MR) is 133 cm³/mol. The monoisotopic (exact) mass is 455 g/mol. The summed E-state index contributed by atoms with van der Waals surface area (Å²) in [5, 5.41) is 0. The molecule has 0 saturated carbocycles. The standard InChI is InChI=1S/C30H33NO3/c1-30(2)23-17-33-29-21-11-7-13-31-12-6-10-19(28(21)31)14-22(29)26(23)27-24(32)15-20(16-25(27)34-30)18-8-4-3-5-9-18/h3-5,8-9,14,20,23,26H,6-7,10-13,15-17H2,1-2H3/t20?,23-,26+/m1/s1. The van der Waals surface area contributed by atoms with Crippen molar-refractivity contribution in [1.29, 1.82) is 0 Å². The summed E-state index contributed by atoms with van der Waals surface area (Å²) >= 11 is 0. The summed E-state index contributed by atoms with van der Waals surface area (Å²) in [5.41, 5.74) is 7.35. The van der Waals surface area contributed by atoms with Gasteiger partial charge >= 0.3 is 0 Å². The first-order valence-corrected chi connectivity index (χ1v) is 13.1. The maximum absolute atomic E-state index is 13.8. The van der Waals surface area contributed by atoms with Gasteiger partial charge in [0.1, 0.15) is 17.1 Å². The highest BCUT2D eigenvalue weighted by Gasteiger charge is 2.52. The third kappa shape index (κ3) is 2.93. The van der Waals surface area contributed by atoms with E-state index in [-0.39, 0.29) is 29.1 Å². The number of allylic oxidation sites excluding steroid dienone is 2. The molecule has 0 radical (unpaired) electrons. The van der Waals surface area contributed by atoms with Crippen molar-refractivity contribution in [2.45, 2.75) is 69.8 Å². The quantitative estimate of drug-likeness (QED) is 0.554. The summed E-state index contributed by atoms with van der Waals surface area (Å²) in [4.78, 5) is 16.4. The molecule has 5 aliphatic rings. The van der Waals surface area contributed by atoms with Crippen LogP contribution in [0.5, 0.6) is 5.75 Å². The Balaban J connectivity index is 1.38. The Kier molecular flexibility index (Phi) is 4.47. The molecule has 0 amide bonds. The molecule has 2 aromatic rings. The van der Waals surface area contributed by atoms with E-state index in [1.165, 1.54) is 40.8 Å². The lowest BCUT2D eigenvalue weighted by molar-refractivity contribution is -0.121. The summed E-state index contributed by atoms with van der Waals surface area (Å²) < 4.78 is 13.2. The normalized spacial score (nSPS) is 28.7.